The number of nitrogens with zero attached hydrogens (tertiary/aromatic N) is 4. The lowest BCUT2D eigenvalue weighted by Gasteiger charge is -2.11. The Morgan fingerprint density at radius 3 is 2.71 bits per heavy atom. The fraction of sp³-hybridized carbons (Fsp3) is 0.0476. The molecule has 0 saturated carbocycles. The number of nitrogens with one attached hydrogen (secondary N) is 1. The van der Waals surface area contributed by atoms with Crippen molar-refractivity contribution in [1.82, 2.24) is 14.8 Å². The van der Waals surface area contributed by atoms with Gasteiger partial charge in [0.25, 0.3) is 5.91 Å². The zero-order valence-electron chi connectivity index (χ0n) is 14.8. The third-order valence-electron chi connectivity index (χ3n) is 4.37. The molecule has 2 heterocycles. The van der Waals surface area contributed by atoms with Crippen LogP contribution in [0.3, 0.4) is 0 Å². The molecule has 0 atom stereocenters. The Labute approximate surface area is 166 Å². The summed E-state index contributed by atoms with van der Waals surface area (Å²) >= 11 is 6.12. The van der Waals surface area contributed by atoms with Gasteiger partial charge in [-0.15, -0.1) is 0 Å². The largest absolute Gasteiger partial charge is 0.305 e. The molecule has 1 N–H and O–H groups in total. The number of carbonyl (C=O) groups is 1. The second kappa shape index (κ2) is 7.14. The van der Waals surface area contributed by atoms with Crippen LogP contribution < -0.4 is 5.32 Å². The Hall–Kier alpha value is -3.69. The summed E-state index contributed by atoms with van der Waals surface area (Å²) < 4.78 is 1.45. The van der Waals surface area contributed by atoms with E-state index < -0.39 is 5.91 Å². The number of hydrogen-bond donors (Lipinski definition) is 1. The van der Waals surface area contributed by atoms with E-state index in [1.54, 1.807) is 24.3 Å². The van der Waals surface area contributed by atoms with Gasteiger partial charge < -0.3 is 5.32 Å². The highest BCUT2D eigenvalue weighted by Crippen LogP contribution is 2.24. The highest BCUT2D eigenvalue weighted by molar-refractivity contribution is 6.34. The van der Waals surface area contributed by atoms with Crippen molar-refractivity contribution in [3.05, 3.63) is 82.5 Å². The summed E-state index contributed by atoms with van der Waals surface area (Å²) in [4.78, 5) is 17.3. The molecule has 28 heavy (non-hydrogen) atoms. The zero-order chi connectivity index (χ0) is 19.7. The van der Waals surface area contributed by atoms with E-state index in [0.717, 1.165) is 16.5 Å². The van der Waals surface area contributed by atoms with Crippen molar-refractivity contribution in [1.29, 1.82) is 5.26 Å². The number of aryl methyl sites for hydroxylation is 1. The van der Waals surface area contributed by atoms with Gasteiger partial charge in [-0.3, -0.25) is 4.79 Å². The summed E-state index contributed by atoms with van der Waals surface area (Å²) in [6.45, 7) is 1.98. The summed E-state index contributed by atoms with van der Waals surface area (Å²) in [7, 11) is 0. The average Bonchev–Trinajstić information content (AvgIpc) is 3.10. The molecule has 0 aliphatic rings. The predicted octanol–water partition coefficient (Wildman–Crippen LogP) is 4.51. The molecular formula is C21H14ClN5O. The van der Waals surface area contributed by atoms with E-state index in [0.29, 0.717) is 16.4 Å². The zero-order valence-corrected chi connectivity index (χ0v) is 15.6. The second-order valence-corrected chi connectivity index (χ2v) is 6.59. The lowest BCUT2D eigenvalue weighted by atomic mass is 10.1. The number of fused-ring (bicyclic) bond motifs is 1. The molecule has 0 aliphatic heterocycles. The predicted molar refractivity (Wildman–Crippen MR) is 108 cm³/mol. The van der Waals surface area contributed by atoms with Crippen molar-refractivity contribution >= 4 is 34.2 Å². The van der Waals surface area contributed by atoms with Crippen molar-refractivity contribution < 1.29 is 4.79 Å². The maximum Gasteiger partial charge on any atom is 0.258 e. The number of para-hydroxylation sites is 1. The molecule has 2 aromatic heterocycles. The van der Waals surface area contributed by atoms with Crippen LogP contribution in [0.15, 0.2) is 60.8 Å². The van der Waals surface area contributed by atoms with E-state index in [1.165, 1.54) is 10.9 Å². The Morgan fingerprint density at radius 1 is 1.18 bits per heavy atom. The van der Waals surface area contributed by atoms with Crippen LogP contribution in [-0.2, 0) is 0 Å². The quantitative estimate of drug-likeness (QED) is 0.560. The van der Waals surface area contributed by atoms with Crippen LogP contribution in [0.1, 0.15) is 21.5 Å². The molecule has 4 rings (SSSR count). The van der Waals surface area contributed by atoms with E-state index >= 15 is 0 Å². The summed E-state index contributed by atoms with van der Waals surface area (Å²) in [5.74, 6) is 0.322. The third kappa shape index (κ3) is 3.08. The molecule has 0 unspecified atom stereocenters. The normalized spacial score (nSPS) is 10.6. The van der Waals surface area contributed by atoms with Gasteiger partial charge in [0.1, 0.15) is 11.6 Å². The maximum atomic E-state index is 12.7. The fourth-order valence-electron chi connectivity index (χ4n) is 2.98. The minimum atomic E-state index is -0.429. The number of aromatic nitrogens is 3. The molecule has 0 aliphatic carbocycles. The summed E-state index contributed by atoms with van der Waals surface area (Å²) in [5.41, 5.74) is 2.35. The van der Waals surface area contributed by atoms with Crippen molar-refractivity contribution in [3.8, 4) is 11.9 Å². The van der Waals surface area contributed by atoms with Gasteiger partial charge >= 0.3 is 0 Å². The molecule has 4 aromatic rings. The smallest absolute Gasteiger partial charge is 0.258 e. The molecule has 0 spiro atoms. The van der Waals surface area contributed by atoms with Crippen molar-refractivity contribution in [2.24, 2.45) is 0 Å². The molecule has 0 radical (unpaired) electrons. The van der Waals surface area contributed by atoms with Crippen molar-refractivity contribution in [2.45, 2.75) is 6.92 Å². The molecular weight excluding hydrogens is 374 g/mol. The Bertz CT molecular complexity index is 1260. The highest BCUT2D eigenvalue weighted by atomic mass is 35.5. The van der Waals surface area contributed by atoms with Crippen LogP contribution >= 0.6 is 11.6 Å². The minimum Gasteiger partial charge on any atom is -0.305 e. The van der Waals surface area contributed by atoms with E-state index in [-0.39, 0.29) is 11.4 Å². The number of halogens is 1. The van der Waals surface area contributed by atoms with Crippen LogP contribution in [0.4, 0.5) is 5.82 Å². The van der Waals surface area contributed by atoms with Gasteiger partial charge in [0, 0.05) is 5.39 Å². The second-order valence-electron chi connectivity index (χ2n) is 6.18. The molecule has 0 bridgehead atoms. The Kier molecular flexibility index (Phi) is 4.52. The van der Waals surface area contributed by atoms with Gasteiger partial charge in [0.05, 0.1) is 22.3 Å². The molecule has 1 amide bonds. The van der Waals surface area contributed by atoms with Crippen molar-refractivity contribution in [2.75, 3.05) is 5.32 Å². The lowest BCUT2D eigenvalue weighted by molar-refractivity contribution is 0.102. The summed E-state index contributed by atoms with van der Waals surface area (Å²) in [5, 5.41) is 17.8. The first-order valence-corrected chi connectivity index (χ1v) is 8.87. The number of rotatable bonds is 3. The number of amides is 1. The third-order valence-corrected chi connectivity index (χ3v) is 4.70. The number of carbonyl (C=O) groups excluding carboxylic acids is 1. The Morgan fingerprint density at radius 2 is 1.93 bits per heavy atom. The van der Waals surface area contributed by atoms with Crippen molar-refractivity contribution in [3.63, 3.8) is 0 Å². The summed E-state index contributed by atoms with van der Waals surface area (Å²) in [6.07, 6.45) is 1.40. The lowest BCUT2D eigenvalue weighted by Crippen LogP contribution is -2.17. The van der Waals surface area contributed by atoms with E-state index in [1.807, 2.05) is 37.3 Å². The van der Waals surface area contributed by atoms with Crippen LogP contribution in [0.25, 0.3) is 16.7 Å². The SMILES string of the molecule is Cc1cc(-n2ncc(C#N)c2NC(=O)c2ccccc2Cl)nc2ccccc12. The molecule has 2 aromatic carbocycles. The van der Waals surface area contributed by atoms with E-state index in [9.17, 15) is 10.1 Å². The van der Waals surface area contributed by atoms with Gasteiger partial charge in [-0.1, -0.05) is 41.9 Å². The summed E-state index contributed by atoms with van der Waals surface area (Å²) in [6, 6.07) is 18.4. The molecule has 0 fully saturated rings. The number of anilines is 1. The van der Waals surface area contributed by atoms with E-state index in [4.69, 9.17) is 11.6 Å². The van der Waals surface area contributed by atoms with Gasteiger partial charge in [0.2, 0.25) is 0 Å². The van der Waals surface area contributed by atoms with Gasteiger partial charge in [-0.25, -0.2) is 4.98 Å². The average molecular weight is 388 g/mol. The first-order valence-electron chi connectivity index (χ1n) is 8.49. The topological polar surface area (TPSA) is 83.6 Å². The first kappa shape index (κ1) is 17.7. The van der Waals surface area contributed by atoms with Crippen LogP contribution in [0.2, 0.25) is 5.02 Å². The molecule has 0 saturated heterocycles. The number of nitriles is 1. The van der Waals surface area contributed by atoms with Crippen LogP contribution in [0, 0.1) is 18.3 Å². The van der Waals surface area contributed by atoms with Gasteiger partial charge in [0.15, 0.2) is 11.6 Å². The monoisotopic (exact) mass is 387 g/mol. The minimum absolute atomic E-state index is 0.230. The number of pyridine rings is 1. The van der Waals surface area contributed by atoms with Crippen LogP contribution in [-0.4, -0.2) is 20.7 Å². The first-order chi connectivity index (χ1) is 13.6. The highest BCUT2D eigenvalue weighted by Gasteiger charge is 2.18. The van der Waals surface area contributed by atoms with Crippen LogP contribution in [0.5, 0.6) is 0 Å². The standard InChI is InChI=1S/C21H14ClN5O/c1-13-10-19(25-18-9-5-3-6-15(13)18)27-20(14(11-23)12-24-27)26-21(28)16-7-2-4-8-17(16)22/h2-10,12H,1H3,(H,26,28). The van der Waals surface area contributed by atoms with Gasteiger partial charge in [-0.2, -0.15) is 15.0 Å². The van der Waals surface area contributed by atoms with E-state index in [2.05, 4.69) is 21.5 Å². The van der Waals surface area contributed by atoms with Gasteiger partial charge in [-0.05, 0) is 36.8 Å². The molecule has 7 heteroatoms. The Balaban J connectivity index is 1.80. The number of benzene rings is 2. The molecule has 136 valence electrons. The molecule has 6 nitrogen and oxygen atoms in total. The fourth-order valence-corrected chi connectivity index (χ4v) is 3.21. The number of hydrogen-bond acceptors (Lipinski definition) is 4. The maximum absolute atomic E-state index is 12.7.